The van der Waals surface area contributed by atoms with Gasteiger partial charge in [0.15, 0.2) is 11.5 Å². The average molecular weight is 485 g/mol. The normalized spacial score (nSPS) is 18.5. The predicted octanol–water partition coefficient (Wildman–Crippen LogP) is 2.61. The Hall–Kier alpha value is -4.02. The summed E-state index contributed by atoms with van der Waals surface area (Å²) in [6.07, 6.45) is 3.16. The SMILES string of the molecule is COc1cc(C(=O)NNC(=O)C2Cc3cc([N+](=O)[O-])ccc3N3CCCCC23)cc(OC)c1OC. The smallest absolute Gasteiger partial charge is 0.269 e. The summed E-state index contributed by atoms with van der Waals surface area (Å²) in [5.41, 5.74) is 6.91. The van der Waals surface area contributed by atoms with Gasteiger partial charge >= 0.3 is 0 Å². The van der Waals surface area contributed by atoms with Crippen LogP contribution >= 0.6 is 0 Å². The molecule has 11 nitrogen and oxygen atoms in total. The first-order chi connectivity index (χ1) is 16.9. The van der Waals surface area contributed by atoms with Crippen LogP contribution in [0, 0.1) is 16.0 Å². The summed E-state index contributed by atoms with van der Waals surface area (Å²) >= 11 is 0. The zero-order valence-corrected chi connectivity index (χ0v) is 19.8. The van der Waals surface area contributed by atoms with E-state index in [1.54, 1.807) is 6.07 Å². The molecule has 4 rings (SSSR count). The summed E-state index contributed by atoms with van der Waals surface area (Å²) in [6.45, 7) is 0.775. The number of amides is 2. The van der Waals surface area contributed by atoms with Crippen LogP contribution in [0.5, 0.6) is 17.2 Å². The Morgan fingerprint density at radius 1 is 1.03 bits per heavy atom. The number of hydrogen-bond donors (Lipinski definition) is 2. The van der Waals surface area contributed by atoms with Crippen molar-refractivity contribution >= 4 is 23.2 Å². The van der Waals surface area contributed by atoms with E-state index in [2.05, 4.69) is 15.8 Å². The molecule has 2 heterocycles. The van der Waals surface area contributed by atoms with Crippen molar-refractivity contribution < 1.29 is 28.7 Å². The fourth-order valence-electron chi connectivity index (χ4n) is 4.94. The zero-order valence-electron chi connectivity index (χ0n) is 19.8. The highest BCUT2D eigenvalue weighted by atomic mass is 16.6. The summed E-state index contributed by atoms with van der Waals surface area (Å²) in [5.74, 6) is -0.393. The number of piperidine rings is 1. The van der Waals surface area contributed by atoms with E-state index < -0.39 is 16.7 Å². The summed E-state index contributed by atoms with van der Waals surface area (Å²) in [7, 11) is 4.36. The zero-order chi connectivity index (χ0) is 25.1. The second-order valence-electron chi connectivity index (χ2n) is 8.49. The molecule has 2 aromatic carbocycles. The fourth-order valence-corrected chi connectivity index (χ4v) is 4.94. The third kappa shape index (κ3) is 4.66. The van der Waals surface area contributed by atoms with Crippen LogP contribution in [0.2, 0.25) is 0 Å². The molecular weight excluding hydrogens is 456 g/mol. The molecule has 0 aliphatic carbocycles. The van der Waals surface area contributed by atoms with Gasteiger partial charge in [-0.3, -0.25) is 30.6 Å². The lowest BCUT2D eigenvalue weighted by atomic mass is 9.80. The standard InChI is InChI=1S/C24H28N4O7/c1-33-20-12-15(13-21(34-2)22(20)35-3)23(29)25-26-24(30)17-11-14-10-16(28(31)32)7-8-18(14)27-9-5-4-6-19(17)27/h7-8,10,12-13,17,19H,4-6,9,11H2,1-3H3,(H,25,29)(H,26,30). The molecular formula is C24H28N4O7. The van der Waals surface area contributed by atoms with Crippen LogP contribution in [0.25, 0.3) is 0 Å². The number of anilines is 1. The molecule has 2 atom stereocenters. The number of benzene rings is 2. The molecule has 2 N–H and O–H groups in total. The van der Waals surface area contributed by atoms with Gasteiger partial charge in [-0.15, -0.1) is 0 Å². The van der Waals surface area contributed by atoms with E-state index in [9.17, 15) is 19.7 Å². The Kier molecular flexibility index (Phi) is 6.94. The molecule has 11 heteroatoms. The highest BCUT2D eigenvalue weighted by Gasteiger charge is 2.40. The van der Waals surface area contributed by atoms with Crippen LogP contribution in [0.15, 0.2) is 30.3 Å². The van der Waals surface area contributed by atoms with Crippen molar-refractivity contribution in [2.24, 2.45) is 5.92 Å². The molecule has 0 aromatic heterocycles. The van der Waals surface area contributed by atoms with Crippen molar-refractivity contribution in [1.29, 1.82) is 0 Å². The van der Waals surface area contributed by atoms with Crippen LogP contribution < -0.4 is 30.0 Å². The van der Waals surface area contributed by atoms with E-state index in [1.807, 2.05) is 0 Å². The number of fused-ring (bicyclic) bond motifs is 3. The van der Waals surface area contributed by atoms with Crippen molar-refractivity contribution in [2.75, 3.05) is 32.8 Å². The van der Waals surface area contributed by atoms with Crippen LogP contribution in [0.4, 0.5) is 11.4 Å². The highest BCUT2D eigenvalue weighted by molar-refractivity contribution is 5.97. The molecule has 1 fully saturated rings. The van der Waals surface area contributed by atoms with Gasteiger partial charge in [0.1, 0.15) is 0 Å². The first kappa shape index (κ1) is 24.1. The van der Waals surface area contributed by atoms with Crippen LogP contribution in [0.3, 0.4) is 0 Å². The lowest BCUT2D eigenvalue weighted by Crippen LogP contribution is -2.55. The minimum absolute atomic E-state index is 0.00549. The van der Waals surface area contributed by atoms with Gasteiger partial charge in [-0.05, 0) is 49.4 Å². The molecule has 0 spiro atoms. The van der Waals surface area contributed by atoms with E-state index in [0.29, 0.717) is 23.7 Å². The number of rotatable bonds is 6. The maximum Gasteiger partial charge on any atom is 0.269 e. The summed E-state index contributed by atoms with van der Waals surface area (Å²) < 4.78 is 15.8. The number of non-ortho nitro benzene ring substituents is 1. The largest absolute Gasteiger partial charge is 0.493 e. The van der Waals surface area contributed by atoms with Gasteiger partial charge in [0.2, 0.25) is 11.7 Å². The number of nitro groups is 1. The number of nitrogens with one attached hydrogen (secondary N) is 2. The lowest BCUT2D eigenvalue weighted by molar-refractivity contribution is -0.384. The molecule has 2 unspecified atom stereocenters. The van der Waals surface area contributed by atoms with Gasteiger partial charge in [0.25, 0.3) is 11.6 Å². The molecule has 2 aliphatic rings. The van der Waals surface area contributed by atoms with Crippen molar-refractivity contribution in [2.45, 2.75) is 31.7 Å². The molecule has 2 amide bonds. The van der Waals surface area contributed by atoms with Crippen LogP contribution in [-0.2, 0) is 11.2 Å². The maximum atomic E-state index is 13.2. The second-order valence-corrected chi connectivity index (χ2v) is 8.49. The van der Waals surface area contributed by atoms with Crippen molar-refractivity contribution in [3.05, 3.63) is 51.6 Å². The number of methoxy groups -OCH3 is 3. The average Bonchev–Trinajstić information content (AvgIpc) is 2.89. The van der Waals surface area contributed by atoms with Crippen LogP contribution in [-0.4, -0.2) is 50.7 Å². The highest BCUT2D eigenvalue weighted by Crippen LogP contribution is 2.40. The molecule has 1 saturated heterocycles. The number of hydrogen-bond acceptors (Lipinski definition) is 8. The number of carbonyl (C=O) groups is 2. The summed E-state index contributed by atoms with van der Waals surface area (Å²) in [5, 5.41) is 11.3. The predicted molar refractivity (Wildman–Crippen MR) is 127 cm³/mol. The Morgan fingerprint density at radius 3 is 2.37 bits per heavy atom. The molecule has 186 valence electrons. The topological polar surface area (TPSA) is 132 Å². The third-order valence-electron chi connectivity index (χ3n) is 6.60. The lowest BCUT2D eigenvalue weighted by Gasteiger charge is -2.45. The molecule has 2 aromatic rings. The molecule has 0 bridgehead atoms. The van der Waals surface area contributed by atoms with E-state index >= 15 is 0 Å². The first-order valence-electron chi connectivity index (χ1n) is 11.3. The number of nitro benzene ring substituents is 1. The Labute approximate surface area is 202 Å². The monoisotopic (exact) mass is 484 g/mol. The minimum atomic E-state index is -0.551. The Morgan fingerprint density at radius 2 is 1.74 bits per heavy atom. The van der Waals surface area contributed by atoms with Gasteiger partial charge in [-0.25, -0.2) is 0 Å². The van der Waals surface area contributed by atoms with Gasteiger partial charge in [0, 0.05) is 36.0 Å². The van der Waals surface area contributed by atoms with Gasteiger partial charge < -0.3 is 19.1 Å². The van der Waals surface area contributed by atoms with Crippen LogP contribution in [0.1, 0.15) is 35.2 Å². The third-order valence-corrected chi connectivity index (χ3v) is 6.60. The number of hydrazine groups is 1. The van der Waals surface area contributed by atoms with Crippen molar-refractivity contribution in [1.82, 2.24) is 10.9 Å². The number of ether oxygens (including phenoxy) is 3. The summed E-state index contributed by atoms with van der Waals surface area (Å²) in [6, 6.07) is 7.74. The van der Waals surface area contributed by atoms with E-state index in [-0.39, 0.29) is 23.2 Å². The van der Waals surface area contributed by atoms with E-state index in [4.69, 9.17) is 14.2 Å². The van der Waals surface area contributed by atoms with Crippen molar-refractivity contribution in [3.8, 4) is 17.2 Å². The Balaban J connectivity index is 1.52. The van der Waals surface area contributed by atoms with Gasteiger partial charge in [-0.1, -0.05) is 0 Å². The summed E-state index contributed by atoms with van der Waals surface area (Å²) in [4.78, 5) is 39.0. The molecule has 0 saturated carbocycles. The first-order valence-corrected chi connectivity index (χ1v) is 11.3. The fraction of sp³-hybridized carbons (Fsp3) is 0.417. The minimum Gasteiger partial charge on any atom is -0.493 e. The Bertz CT molecular complexity index is 1130. The quantitative estimate of drug-likeness (QED) is 0.472. The number of nitrogens with zero attached hydrogens (tertiary/aromatic N) is 2. The number of carbonyl (C=O) groups excluding carboxylic acids is 2. The second kappa shape index (κ2) is 10.1. The van der Waals surface area contributed by atoms with E-state index in [0.717, 1.165) is 37.1 Å². The molecule has 0 radical (unpaired) electrons. The van der Waals surface area contributed by atoms with Gasteiger partial charge in [0.05, 0.1) is 32.2 Å². The molecule has 2 aliphatic heterocycles. The van der Waals surface area contributed by atoms with E-state index in [1.165, 1.54) is 45.6 Å². The maximum absolute atomic E-state index is 13.2. The van der Waals surface area contributed by atoms with Gasteiger partial charge in [-0.2, -0.15) is 0 Å². The van der Waals surface area contributed by atoms with Crippen molar-refractivity contribution in [3.63, 3.8) is 0 Å². The molecule has 35 heavy (non-hydrogen) atoms.